The molecule has 162 valence electrons. The summed E-state index contributed by atoms with van der Waals surface area (Å²) in [5.74, 6) is 0.830. The van der Waals surface area contributed by atoms with E-state index in [9.17, 15) is 13.2 Å². The van der Waals surface area contributed by atoms with E-state index >= 15 is 0 Å². The Kier molecular flexibility index (Phi) is 7.95. The fourth-order valence-electron chi connectivity index (χ4n) is 3.80. The van der Waals surface area contributed by atoms with Gasteiger partial charge in [0, 0.05) is 37.2 Å². The van der Waals surface area contributed by atoms with Gasteiger partial charge in [0.2, 0.25) is 10.0 Å². The molecular weight excluding hydrogens is 456 g/mol. The number of halogens is 1. The van der Waals surface area contributed by atoms with Crippen molar-refractivity contribution in [2.45, 2.75) is 31.1 Å². The lowest BCUT2D eigenvalue weighted by atomic mass is 9.99. The first-order chi connectivity index (χ1) is 13.9. The first kappa shape index (κ1) is 22.5. The van der Waals surface area contributed by atoms with Gasteiger partial charge in [-0.3, -0.25) is 0 Å². The van der Waals surface area contributed by atoms with Gasteiger partial charge in [0.1, 0.15) is 0 Å². The smallest absolute Gasteiger partial charge is 0.317 e. The number of nitrogens with one attached hydrogen (secondary N) is 1. The summed E-state index contributed by atoms with van der Waals surface area (Å²) < 4.78 is 27.7. The van der Waals surface area contributed by atoms with Gasteiger partial charge < -0.3 is 15.1 Å². The van der Waals surface area contributed by atoms with Gasteiger partial charge in [0.15, 0.2) is 0 Å². The lowest BCUT2D eigenvalue weighted by molar-refractivity contribution is 0.169. The van der Waals surface area contributed by atoms with E-state index in [2.05, 4.69) is 33.1 Å². The van der Waals surface area contributed by atoms with Crippen LogP contribution in [0.4, 0.5) is 4.79 Å². The summed E-state index contributed by atoms with van der Waals surface area (Å²) >= 11 is 3.32. The zero-order chi connectivity index (χ0) is 20.9. The largest absolute Gasteiger partial charge is 0.338 e. The fraction of sp³-hybridized carbons (Fsp3) is 0.650. The third kappa shape index (κ3) is 6.16. The molecule has 2 amide bonds. The van der Waals surface area contributed by atoms with Gasteiger partial charge in [-0.2, -0.15) is 4.31 Å². The molecule has 1 N–H and O–H groups in total. The molecule has 2 fully saturated rings. The number of carbonyl (C=O) groups is 1. The molecule has 9 heteroatoms. The molecule has 0 unspecified atom stereocenters. The number of piperidine rings is 1. The number of urea groups is 1. The van der Waals surface area contributed by atoms with Crippen LogP contribution >= 0.6 is 15.9 Å². The molecule has 1 aromatic carbocycles. The summed E-state index contributed by atoms with van der Waals surface area (Å²) in [4.78, 5) is 16.8. The van der Waals surface area contributed by atoms with Crippen molar-refractivity contribution in [2.75, 3.05) is 52.4 Å². The number of carbonyl (C=O) groups excluding carboxylic acids is 1. The first-order valence-corrected chi connectivity index (χ1v) is 12.6. The van der Waals surface area contributed by atoms with Crippen molar-refractivity contribution in [1.82, 2.24) is 19.4 Å². The average Bonchev–Trinajstić information content (AvgIpc) is 2.72. The molecular formula is C20H31BrN4O3S. The number of likely N-dealkylation sites (tertiary alicyclic amines) is 1. The Balaban J connectivity index is 1.39. The lowest BCUT2D eigenvalue weighted by Crippen LogP contribution is -2.53. The van der Waals surface area contributed by atoms with E-state index < -0.39 is 10.0 Å². The highest BCUT2D eigenvalue weighted by Crippen LogP contribution is 2.21. The lowest BCUT2D eigenvalue weighted by Gasteiger charge is -2.34. The third-order valence-electron chi connectivity index (χ3n) is 5.76. The number of rotatable bonds is 6. The van der Waals surface area contributed by atoms with E-state index in [4.69, 9.17) is 0 Å². The number of amides is 2. The van der Waals surface area contributed by atoms with E-state index in [1.54, 1.807) is 29.2 Å². The summed E-state index contributed by atoms with van der Waals surface area (Å²) in [7, 11) is -3.53. The molecule has 0 aliphatic carbocycles. The quantitative estimate of drug-likeness (QED) is 0.627. The molecule has 0 saturated carbocycles. The summed E-state index contributed by atoms with van der Waals surface area (Å²) in [6.07, 6.45) is 3.47. The Morgan fingerprint density at radius 1 is 1.14 bits per heavy atom. The molecule has 2 saturated heterocycles. The van der Waals surface area contributed by atoms with Crippen molar-refractivity contribution in [3.63, 3.8) is 0 Å². The maximum Gasteiger partial charge on any atom is 0.317 e. The van der Waals surface area contributed by atoms with Crippen LogP contribution in [0.25, 0.3) is 0 Å². The topological polar surface area (TPSA) is 73.0 Å². The number of hydrogen-bond acceptors (Lipinski definition) is 4. The van der Waals surface area contributed by atoms with Crippen LogP contribution in [0.1, 0.15) is 26.2 Å². The van der Waals surface area contributed by atoms with Gasteiger partial charge in [-0.25, -0.2) is 13.2 Å². The third-order valence-corrected chi connectivity index (χ3v) is 8.15. The Morgan fingerprint density at radius 3 is 2.48 bits per heavy atom. The van der Waals surface area contributed by atoms with Gasteiger partial charge in [-0.15, -0.1) is 0 Å². The average molecular weight is 487 g/mol. The summed E-state index contributed by atoms with van der Waals surface area (Å²) in [5.41, 5.74) is 0. The van der Waals surface area contributed by atoms with Crippen molar-refractivity contribution in [3.05, 3.63) is 28.7 Å². The number of hydrogen-bond donors (Lipinski definition) is 1. The predicted molar refractivity (Wildman–Crippen MR) is 117 cm³/mol. The molecule has 29 heavy (non-hydrogen) atoms. The van der Waals surface area contributed by atoms with E-state index in [-0.39, 0.29) is 10.9 Å². The van der Waals surface area contributed by atoms with Gasteiger partial charge in [-0.05, 0) is 63.0 Å². The highest BCUT2D eigenvalue weighted by Gasteiger charge is 2.30. The van der Waals surface area contributed by atoms with Gasteiger partial charge in [-0.1, -0.05) is 28.9 Å². The minimum atomic E-state index is -3.53. The summed E-state index contributed by atoms with van der Waals surface area (Å²) in [5, 5.41) is 2.98. The van der Waals surface area contributed by atoms with E-state index in [1.165, 1.54) is 17.1 Å². The molecule has 2 aliphatic rings. The van der Waals surface area contributed by atoms with Crippen LogP contribution in [0.2, 0.25) is 0 Å². The number of benzene rings is 1. The molecule has 0 radical (unpaired) electrons. The maximum absolute atomic E-state index is 12.8. The minimum absolute atomic E-state index is 0.100. The second kappa shape index (κ2) is 10.2. The minimum Gasteiger partial charge on any atom is -0.338 e. The molecule has 3 rings (SSSR count). The Hall–Kier alpha value is -1.16. The molecule has 0 aromatic heterocycles. The molecule has 2 heterocycles. The fourth-order valence-corrected chi connectivity index (χ4v) is 5.82. The van der Waals surface area contributed by atoms with E-state index in [1.807, 2.05) is 0 Å². The number of sulfonamides is 1. The Morgan fingerprint density at radius 2 is 1.83 bits per heavy atom. The van der Waals surface area contributed by atoms with Crippen LogP contribution in [0, 0.1) is 5.92 Å². The standard InChI is InChI=1S/C20H31BrN4O3S/c1-17-6-10-23(11-7-17)9-3-8-22-20(26)24-12-14-25(15-13-24)29(27,28)19-5-2-4-18(21)16-19/h2,4-5,16-17H,3,6-15H2,1H3,(H,22,26). The van der Waals surface area contributed by atoms with Crippen LogP contribution in [0.15, 0.2) is 33.6 Å². The van der Waals surface area contributed by atoms with Crippen LogP contribution < -0.4 is 5.32 Å². The van der Waals surface area contributed by atoms with Crippen molar-refractivity contribution in [2.24, 2.45) is 5.92 Å². The molecule has 0 bridgehead atoms. The van der Waals surface area contributed by atoms with E-state index in [0.29, 0.717) is 32.7 Å². The zero-order valence-corrected chi connectivity index (χ0v) is 19.4. The van der Waals surface area contributed by atoms with Crippen LogP contribution in [0.5, 0.6) is 0 Å². The zero-order valence-electron chi connectivity index (χ0n) is 17.0. The summed E-state index contributed by atoms with van der Waals surface area (Å²) in [6, 6.07) is 6.62. The van der Waals surface area contributed by atoms with Gasteiger partial charge >= 0.3 is 6.03 Å². The SMILES string of the molecule is CC1CCN(CCCNC(=O)N2CCN(S(=O)(=O)c3cccc(Br)c3)CC2)CC1. The van der Waals surface area contributed by atoms with E-state index in [0.717, 1.165) is 36.4 Å². The Bertz CT molecular complexity index is 789. The second-order valence-corrected chi connectivity index (χ2v) is 10.8. The monoisotopic (exact) mass is 486 g/mol. The Labute approximate surface area is 182 Å². The number of nitrogens with zero attached hydrogens (tertiary/aromatic N) is 3. The van der Waals surface area contributed by atoms with Crippen LogP contribution in [0.3, 0.4) is 0 Å². The normalized spacial score (nSPS) is 20.0. The van der Waals surface area contributed by atoms with Crippen LogP contribution in [-0.4, -0.2) is 80.9 Å². The van der Waals surface area contributed by atoms with Crippen LogP contribution in [-0.2, 0) is 10.0 Å². The highest BCUT2D eigenvalue weighted by molar-refractivity contribution is 9.10. The number of piperazine rings is 1. The predicted octanol–water partition coefficient (Wildman–Crippen LogP) is 2.59. The maximum atomic E-state index is 12.8. The van der Waals surface area contributed by atoms with Gasteiger partial charge in [0.05, 0.1) is 4.90 Å². The van der Waals surface area contributed by atoms with Crippen molar-refractivity contribution in [1.29, 1.82) is 0 Å². The summed E-state index contributed by atoms with van der Waals surface area (Å²) in [6.45, 7) is 7.73. The van der Waals surface area contributed by atoms with Gasteiger partial charge in [0.25, 0.3) is 0 Å². The first-order valence-electron chi connectivity index (χ1n) is 10.4. The highest BCUT2D eigenvalue weighted by atomic mass is 79.9. The molecule has 0 atom stereocenters. The van der Waals surface area contributed by atoms with Crippen molar-refractivity contribution < 1.29 is 13.2 Å². The van der Waals surface area contributed by atoms with Crippen molar-refractivity contribution >= 4 is 32.0 Å². The molecule has 0 spiro atoms. The molecule has 2 aliphatic heterocycles. The van der Waals surface area contributed by atoms with Crippen molar-refractivity contribution in [3.8, 4) is 0 Å². The second-order valence-electron chi connectivity index (χ2n) is 7.96. The molecule has 7 nitrogen and oxygen atoms in total. The molecule has 1 aromatic rings.